The summed E-state index contributed by atoms with van der Waals surface area (Å²) in [5.74, 6) is -1.02. The Morgan fingerprint density at radius 1 is 0.519 bits per heavy atom. The fraction of sp³-hybridized carbons (Fsp3) is 0.950. The average molecular weight is 815 g/mol. The van der Waals surface area contributed by atoms with Crippen LogP contribution in [0, 0.1) is 0 Å². The van der Waals surface area contributed by atoms with E-state index in [0.717, 1.165) is 38.5 Å². The zero-order chi connectivity index (χ0) is 40.4. The van der Waals surface area contributed by atoms with Gasteiger partial charge in [0.05, 0.1) is 27.7 Å². The molecule has 12 nitrogen and oxygen atoms in total. The quantitative estimate of drug-likeness (QED) is 0.0263. The molecule has 2 unspecified atom stereocenters. The van der Waals surface area contributed by atoms with Gasteiger partial charge in [-0.25, -0.2) is 9.13 Å². The van der Waals surface area contributed by atoms with E-state index in [1.165, 1.54) is 116 Å². The number of phosphoric acid groups is 2. The lowest BCUT2D eigenvalue weighted by molar-refractivity contribution is -0.870. The Balaban J connectivity index is 4.63. The number of quaternary nitrogens is 1. The first-order chi connectivity index (χ1) is 25.7. The van der Waals surface area contributed by atoms with Crippen molar-refractivity contribution in [1.82, 2.24) is 0 Å². The second kappa shape index (κ2) is 34.2. The maximum absolute atomic E-state index is 12.7. The van der Waals surface area contributed by atoms with E-state index in [-0.39, 0.29) is 19.4 Å². The predicted molar refractivity (Wildman–Crippen MR) is 217 cm³/mol. The second-order valence-electron chi connectivity index (χ2n) is 15.9. The van der Waals surface area contributed by atoms with E-state index in [1.54, 1.807) is 0 Å². The van der Waals surface area contributed by atoms with Crippen molar-refractivity contribution >= 4 is 27.6 Å². The molecule has 14 heteroatoms. The molecule has 0 amide bonds. The standard InChI is InChI=1S/C40H81NO11P2/c1-6-8-10-12-14-16-18-20-22-24-26-28-30-32-39(42)48-36-38(37-50-54(46,47)52-53(44,45)49-35-34-41(3,4)5)51-40(43)33-31-29-27-25-23-21-19-17-15-13-11-9-7-2/h38H,6-37H2,1-5H3,(H-,44,45,46,47)/p+1/t38-/m1/s1. The van der Waals surface area contributed by atoms with Crippen molar-refractivity contribution in [3.8, 4) is 0 Å². The number of hydrogen-bond donors (Lipinski definition) is 2. The normalized spacial score (nSPS) is 14.7. The van der Waals surface area contributed by atoms with Gasteiger partial charge in [0.15, 0.2) is 6.10 Å². The zero-order valence-corrected chi connectivity index (χ0v) is 36.9. The molecule has 3 atom stereocenters. The topological polar surface area (TPSA) is 155 Å². The maximum Gasteiger partial charge on any atom is 0.481 e. The monoisotopic (exact) mass is 815 g/mol. The second-order valence-corrected chi connectivity index (χ2v) is 19.0. The van der Waals surface area contributed by atoms with Gasteiger partial charge in [0.2, 0.25) is 0 Å². The minimum absolute atomic E-state index is 0.139. The van der Waals surface area contributed by atoms with Crippen LogP contribution in [-0.2, 0) is 41.6 Å². The van der Waals surface area contributed by atoms with E-state index in [0.29, 0.717) is 23.9 Å². The Bertz CT molecular complexity index is 1010. The minimum Gasteiger partial charge on any atom is -0.462 e. The van der Waals surface area contributed by atoms with Crippen molar-refractivity contribution in [1.29, 1.82) is 0 Å². The Labute approximate surface area is 330 Å². The third-order valence-corrected chi connectivity index (χ3v) is 12.0. The number of carbonyl (C=O) groups excluding carboxylic acids is 2. The summed E-state index contributed by atoms with van der Waals surface area (Å²) in [6, 6.07) is 0. The smallest absolute Gasteiger partial charge is 0.462 e. The molecule has 0 spiro atoms. The summed E-state index contributed by atoms with van der Waals surface area (Å²) in [6.07, 6.45) is 29.9. The van der Waals surface area contributed by atoms with Crippen LogP contribution in [-0.4, -0.2) is 79.8 Å². The number of phosphoric ester groups is 2. The van der Waals surface area contributed by atoms with Gasteiger partial charge < -0.3 is 23.7 Å². The van der Waals surface area contributed by atoms with Crippen LogP contribution >= 0.6 is 15.6 Å². The average Bonchev–Trinajstić information content (AvgIpc) is 3.09. The van der Waals surface area contributed by atoms with E-state index < -0.39 is 46.9 Å². The summed E-state index contributed by atoms with van der Waals surface area (Å²) in [7, 11) is -4.50. The van der Waals surface area contributed by atoms with Gasteiger partial charge in [0.25, 0.3) is 0 Å². The van der Waals surface area contributed by atoms with Gasteiger partial charge in [-0.1, -0.05) is 168 Å². The molecule has 0 saturated heterocycles. The van der Waals surface area contributed by atoms with Crippen molar-refractivity contribution in [2.24, 2.45) is 0 Å². The number of esters is 2. The summed E-state index contributed by atoms with van der Waals surface area (Å²) in [4.78, 5) is 45.2. The molecule has 0 aromatic rings. The van der Waals surface area contributed by atoms with Crippen LogP contribution in [0.3, 0.4) is 0 Å². The molecular formula is C40H82NO11P2+. The maximum atomic E-state index is 12.7. The summed E-state index contributed by atoms with van der Waals surface area (Å²) >= 11 is 0. The molecule has 2 N–H and O–H groups in total. The van der Waals surface area contributed by atoms with Gasteiger partial charge in [-0.2, -0.15) is 4.31 Å². The SMILES string of the molecule is CCCCCCCCCCCCCCCC(=O)OC[C@H](COP(=O)(O)OP(=O)(O)OCC[N+](C)(C)C)OC(=O)CCCCCCCCCCCCCCC. The van der Waals surface area contributed by atoms with Gasteiger partial charge in [-0.05, 0) is 12.8 Å². The van der Waals surface area contributed by atoms with Gasteiger partial charge >= 0.3 is 27.6 Å². The van der Waals surface area contributed by atoms with Crippen molar-refractivity contribution in [2.75, 3.05) is 47.5 Å². The lowest BCUT2D eigenvalue weighted by Crippen LogP contribution is -2.37. The van der Waals surface area contributed by atoms with E-state index >= 15 is 0 Å². The highest BCUT2D eigenvalue weighted by molar-refractivity contribution is 7.61. The van der Waals surface area contributed by atoms with Crippen LogP contribution in [0.2, 0.25) is 0 Å². The van der Waals surface area contributed by atoms with E-state index in [2.05, 4.69) is 18.2 Å². The molecule has 0 aliphatic heterocycles. The number of likely N-dealkylation sites (N-methyl/N-ethyl adjacent to an activating group) is 1. The Kier molecular flexibility index (Phi) is 33.7. The first-order valence-electron chi connectivity index (χ1n) is 21.5. The molecule has 0 bridgehead atoms. The fourth-order valence-electron chi connectivity index (χ4n) is 5.98. The molecule has 0 heterocycles. The highest BCUT2D eigenvalue weighted by atomic mass is 31.3. The number of unbranched alkanes of at least 4 members (excludes halogenated alkanes) is 24. The lowest BCUT2D eigenvalue weighted by atomic mass is 10.0. The molecule has 0 aromatic carbocycles. The first-order valence-corrected chi connectivity index (χ1v) is 24.5. The van der Waals surface area contributed by atoms with Crippen LogP contribution < -0.4 is 0 Å². The first kappa shape index (κ1) is 53.2. The molecule has 54 heavy (non-hydrogen) atoms. The van der Waals surface area contributed by atoms with E-state index in [4.69, 9.17) is 18.5 Å². The van der Waals surface area contributed by atoms with Crippen molar-refractivity contribution < 1.29 is 55.8 Å². The van der Waals surface area contributed by atoms with Crippen LogP contribution in [0.4, 0.5) is 0 Å². The highest BCUT2D eigenvalue weighted by Crippen LogP contribution is 2.60. The molecule has 322 valence electrons. The third kappa shape index (κ3) is 38.1. The van der Waals surface area contributed by atoms with Gasteiger partial charge in [0, 0.05) is 12.8 Å². The van der Waals surface area contributed by atoms with Crippen LogP contribution in [0.25, 0.3) is 0 Å². The molecule has 0 radical (unpaired) electrons. The minimum atomic E-state index is -5.11. The van der Waals surface area contributed by atoms with Crippen molar-refractivity contribution in [2.45, 2.75) is 200 Å². The van der Waals surface area contributed by atoms with Gasteiger partial charge in [0.1, 0.15) is 19.8 Å². The number of ether oxygens (including phenoxy) is 2. The summed E-state index contributed by atoms with van der Waals surface area (Å²) in [6.45, 7) is 3.52. The van der Waals surface area contributed by atoms with Crippen LogP contribution in [0.1, 0.15) is 194 Å². The van der Waals surface area contributed by atoms with Crippen LogP contribution in [0.5, 0.6) is 0 Å². The number of hydrogen-bond acceptors (Lipinski definition) is 9. The van der Waals surface area contributed by atoms with E-state index in [9.17, 15) is 28.5 Å². The summed E-state index contributed by atoms with van der Waals surface area (Å²) in [5, 5.41) is 0. The van der Waals surface area contributed by atoms with Gasteiger partial charge in [-0.3, -0.25) is 18.6 Å². The Morgan fingerprint density at radius 3 is 1.26 bits per heavy atom. The predicted octanol–water partition coefficient (Wildman–Crippen LogP) is 11.4. The Hall–Kier alpha value is -0.840. The van der Waals surface area contributed by atoms with E-state index in [1.807, 2.05) is 21.1 Å². The van der Waals surface area contributed by atoms with Gasteiger partial charge in [-0.15, -0.1) is 0 Å². The Morgan fingerprint density at radius 2 is 0.870 bits per heavy atom. The molecular weight excluding hydrogens is 732 g/mol. The molecule has 0 saturated carbocycles. The largest absolute Gasteiger partial charge is 0.481 e. The molecule has 0 aliphatic carbocycles. The molecule has 0 rings (SSSR count). The summed E-state index contributed by atoms with van der Waals surface area (Å²) in [5.41, 5.74) is 0. The van der Waals surface area contributed by atoms with Crippen molar-refractivity contribution in [3.63, 3.8) is 0 Å². The van der Waals surface area contributed by atoms with Crippen LogP contribution in [0.15, 0.2) is 0 Å². The fourth-order valence-corrected chi connectivity index (χ4v) is 8.07. The number of nitrogens with zero attached hydrogens (tertiary/aromatic N) is 1. The summed E-state index contributed by atoms with van der Waals surface area (Å²) < 4.78 is 50.2. The zero-order valence-electron chi connectivity index (χ0n) is 35.1. The number of carbonyl (C=O) groups is 2. The van der Waals surface area contributed by atoms with Crippen molar-refractivity contribution in [3.05, 3.63) is 0 Å². The molecule has 0 fully saturated rings. The molecule has 0 aromatic heterocycles. The highest BCUT2D eigenvalue weighted by Gasteiger charge is 2.36. The third-order valence-electron chi connectivity index (χ3n) is 9.34. The molecule has 0 aliphatic rings. The number of rotatable bonds is 40. The lowest BCUT2D eigenvalue weighted by Gasteiger charge is -2.24.